The van der Waals surface area contributed by atoms with Crippen molar-refractivity contribution in [3.05, 3.63) is 12.2 Å². The Morgan fingerprint density at radius 1 is 1.29 bits per heavy atom. The zero-order valence-electron chi connectivity index (χ0n) is 15.0. The molecule has 9 atom stereocenters. The van der Waals surface area contributed by atoms with Gasteiger partial charge in [0.2, 0.25) is 0 Å². The van der Waals surface area contributed by atoms with Gasteiger partial charge in [-0.05, 0) is 49.0 Å². The molecule has 0 bridgehead atoms. The molecular formula is C20H28O4. The standard InChI is InChI=1S/C20H28O4/c1-9(2)11-6-7-19-8-12-10(3)13(21)16-20(12,24-16)18(19,5)15(23)14(22)17(11,19)4/h9,11-14,16,21-22H,3,6-8H2,1-2,4-5H3/t11-,12-,13+,14+,16-,17+,18+,19-,20+/m1/s1. The zero-order valence-corrected chi connectivity index (χ0v) is 15.0. The zero-order chi connectivity index (χ0) is 17.4. The van der Waals surface area contributed by atoms with E-state index in [9.17, 15) is 15.0 Å². The van der Waals surface area contributed by atoms with E-state index < -0.39 is 28.6 Å². The van der Waals surface area contributed by atoms with E-state index in [0.29, 0.717) is 11.8 Å². The van der Waals surface area contributed by atoms with Crippen LogP contribution in [-0.4, -0.2) is 39.9 Å². The highest BCUT2D eigenvalue weighted by molar-refractivity contribution is 5.96. The Morgan fingerprint density at radius 2 is 1.96 bits per heavy atom. The van der Waals surface area contributed by atoms with E-state index in [1.54, 1.807) is 0 Å². The van der Waals surface area contributed by atoms with Gasteiger partial charge < -0.3 is 14.9 Å². The van der Waals surface area contributed by atoms with Crippen LogP contribution >= 0.6 is 0 Å². The van der Waals surface area contributed by atoms with Crippen LogP contribution in [0.5, 0.6) is 0 Å². The monoisotopic (exact) mass is 332 g/mol. The van der Waals surface area contributed by atoms with Crippen LogP contribution in [0.15, 0.2) is 12.2 Å². The van der Waals surface area contributed by atoms with E-state index in [-0.39, 0.29) is 23.2 Å². The van der Waals surface area contributed by atoms with Crippen molar-refractivity contribution in [1.82, 2.24) is 0 Å². The Labute approximate surface area is 143 Å². The highest BCUT2D eigenvalue weighted by Crippen LogP contribution is 2.86. The van der Waals surface area contributed by atoms with E-state index in [1.165, 1.54) is 0 Å². The molecule has 0 unspecified atom stereocenters. The van der Waals surface area contributed by atoms with Gasteiger partial charge in [0, 0.05) is 11.3 Å². The molecule has 0 aromatic heterocycles. The van der Waals surface area contributed by atoms with E-state index in [0.717, 1.165) is 24.8 Å². The molecule has 1 aliphatic heterocycles. The lowest BCUT2D eigenvalue weighted by atomic mass is 9.55. The number of rotatable bonds is 1. The molecule has 5 aliphatic rings. The normalized spacial score (nSPS) is 63.5. The quantitative estimate of drug-likeness (QED) is 0.570. The molecule has 24 heavy (non-hydrogen) atoms. The predicted octanol–water partition coefficient (Wildman–Crippen LogP) is 2.08. The number of carbonyl (C=O) groups excluding carboxylic acids is 1. The lowest BCUT2D eigenvalue weighted by molar-refractivity contribution is -0.138. The molecule has 5 rings (SSSR count). The van der Waals surface area contributed by atoms with E-state index in [4.69, 9.17) is 4.74 Å². The first-order chi connectivity index (χ1) is 11.1. The number of aliphatic hydroxyl groups excluding tert-OH is 2. The van der Waals surface area contributed by atoms with Crippen LogP contribution in [0.2, 0.25) is 0 Å². The van der Waals surface area contributed by atoms with Gasteiger partial charge in [0.05, 0.1) is 5.41 Å². The van der Waals surface area contributed by atoms with Crippen LogP contribution in [-0.2, 0) is 9.53 Å². The second-order valence-electron chi connectivity index (χ2n) is 9.75. The largest absolute Gasteiger partial charge is 0.386 e. The third kappa shape index (κ3) is 1.08. The summed E-state index contributed by atoms with van der Waals surface area (Å²) in [7, 11) is 0. The number of hydrogen-bond donors (Lipinski definition) is 2. The summed E-state index contributed by atoms with van der Waals surface area (Å²) in [4.78, 5) is 13.4. The van der Waals surface area contributed by atoms with Gasteiger partial charge >= 0.3 is 0 Å². The van der Waals surface area contributed by atoms with Crippen molar-refractivity contribution in [2.75, 3.05) is 0 Å². The lowest BCUT2D eigenvalue weighted by Gasteiger charge is -2.46. The van der Waals surface area contributed by atoms with Gasteiger partial charge in [-0.3, -0.25) is 4.79 Å². The Hall–Kier alpha value is -0.710. The molecule has 0 aromatic carbocycles. The van der Waals surface area contributed by atoms with Gasteiger partial charge in [0.1, 0.15) is 23.9 Å². The fourth-order valence-corrected chi connectivity index (χ4v) is 8.29. The summed E-state index contributed by atoms with van der Waals surface area (Å²) >= 11 is 0. The van der Waals surface area contributed by atoms with Crippen molar-refractivity contribution in [2.24, 2.45) is 34.0 Å². The number of Topliss-reactive ketones (excluding diaryl/α,β-unsaturated/α-hetero) is 1. The summed E-state index contributed by atoms with van der Waals surface area (Å²) in [5.41, 5.74) is -1.14. The SMILES string of the molecule is C=C1[C@H]2C[C@]34CC[C@H](C(C)C)[C@@]3(C)[C@@H](O)C(=O)[C@]4(C)[C@]23O[C@@H]3[C@H]1O. The Kier molecular flexibility index (Phi) is 2.49. The number of carbonyl (C=O) groups is 1. The minimum Gasteiger partial charge on any atom is -0.386 e. The molecular weight excluding hydrogens is 304 g/mol. The molecule has 4 nitrogen and oxygen atoms in total. The molecule has 1 heterocycles. The summed E-state index contributed by atoms with van der Waals surface area (Å²) < 4.78 is 6.08. The molecule has 132 valence electrons. The van der Waals surface area contributed by atoms with Crippen molar-refractivity contribution >= 4 is 5.78 Å². The number of aliphatic hydroxyl groups is 2. The number of ketones is 1. The molecule has 1 saturated heterocycles. The third-order valence-corrected chi connectivity index (χ3v) is 9.41. The predicted molar refractivity (Wildman–Crippen MR) is 88.1 cm³/mol. The summed E-state index contributed by atoms with van der Waals surface area (Å²) in [5, 5.41) is 21.5. The fourth-order valence-electron chi connectivity index (χ4n) is 8.29. The highest BCUT2D eigenvalue weighted by atomic mass is 16.6. The number of epoxide rings is 1. The van der Waals surface area contributed by atoms with Crippen LogP contribution in [0.4, 0.5) is 0 Å². The molecule has 0 aromatic rings. The van der Waals surface area contributed by atoms with Gasteiger partial charge in [0.25, 0.3) is 0 Å². The first-order valence-electron chi connectivity index (χ1n) is 9.38. The summed E-state index contributed by atoms with van der Waals surface area (Å²) in [5.74, 6) is 0.761. The maximum atomic E-state index is 13.4. The van der Waals surface area contributed by atoms with Crippen molar-refractivity contribution in [2.45, 2.75) is 70.9 Å². The minimum absolute atomic E-state index is 0.0455. The molecule has 0 amide bonds. The molecule has 2 N–H and O–H groups in total. The molecule has 4 heteroatoms. The summed E-state index contributed by atoms with van der Waals surface area (Å²) in [6.07, 6.45) is 0.932. The van der Waals surface area contributed by atoms with E-state index in [2.05, 4.69) is 27.4 Å². The van der Waals surface area contributed by atoms with Gasteiger partial charge in [-0.1, -0.05) is 27.4 Å². The topological polar surface area (TPSA) is 70.1 Å². The molecule has 2 spiro atoms. The van der Waals surface area contributed by atoms with Crippen LogP contribution in [0.25, 0.3) is 0 Å². The number of ether oxygens (including phenoxy) is 1. The summed E-state index contributed by atoms with van der Waals surface area (Å²) in [6.45, 7) is 12.7. The maximum Gasteiger partial charge on any atom is 0.171 e. The Morgan fingerprint density at radius 3 is 2.58 bits per heavy atom. The van der Waals surface area contributed by atoms with Crippen molar-refractivity contribution in [3.8, 4) is 0 Å². The molecule has 4 saturated carbocycles. The minimum atomic E-state index is -0.927. The van der Waals surface area contributed by atoms with Crippen molar-refractivity contribution in [1.29, 1.82) is 0 Å². The molecule has 5 fully saturated rings. The average molecular weight is 332 g/mol. The second kappa shape index (κ2) is 3.84. The molecule has 0 radical (unpaired) electrons. The lowest BCUT2D eigenvalue weighted by Crippen LogP contribution is -2.48. The van der Waals surface area contributed by atoms with Gasteiger partial charge in [-0.15, -0.1) is 0 Å². The van der Waals surface area contributed by atoms with Crippen LogP contribution in [0, 0.1) is 34.0 Å². The van der Waals surface area contributed by atoms with E-state index in [1.807, 2.05) is 6.92 Å². The Bertz CT molecular complexity index is 685. The summed E-state index contributed by atoms with van der Waals surface area (Å²) in [6, 6.07) is 0. The fraction of sp³-hybridized carbons (Fsp3) is 0.850. The Balaban J connectivity index is 1.75. The first-order valence-corrected chi connectivity index (χ1v) is 9.38. The highest BCUT2D eigenvalue weighted by Gasteiger charge is 2.94. The second-order valence-corrected chi connectivity index (χ2v) is 9.75. The van der Waals surface area contributed by atoms with Gasteiger partial charge in [-0.2, -0.15) is 0 Å². The number of hydrogen-bond acceptors (Lipinski definition) is 4. The van der Waals surface area contributed by atoms with Gasteiger partial charge in [-0.25, -0.2) is 0 Å². The van der Waals surface area contributed by atoms with Gasteiger partial charge in [0.15, 0.2) is 5.78 Å². The van der Waals surface area contributed by atoms with E-state index >= 15 is 0 Å². The smallest absolute Gasteiger partial charge is 0.171 e. The van der Waals surface area contributed by atoms with Crippen LogP contribution in [0.1, 0.15) is 47.0 Å². The van der Waals surface area contributed by atoms with Crippen LogP contribution < -0.4 is 0 Å². The molecule has 4 aliphatic carbocycles. The van der Waals surface area contributed by atoms with Crippen molar-refractivity contribution in [3.63, 3.8) is 0 Å². The maximum absolute atomic E-state index is 13.4. The third-order valence-electron chi connectivity index (χ3n) is 9.41. The van der Waals surface area contributed by atoms with Crippen LogP contribution in [0.3, 0.4) is 0 Å². The van der Waals surface area contributed by atoms with Crippen molar-refractivity contribution < 1.29 is 19.7 Å². The average Bonchev–Trinajstić information content (AvgIpc) is 3.05. The first kappa shape index (κ1) is 15.5.